The summed E-state index contributed by atoms with van der Waals surface area (Å²) in [5.41, 5.74) is 2.27. The van der Waals surface area contributed by atoms with Crippen LogP contribution in [-0.2, 0) is 16.0 Å². The Morgan fingerprint density at radius 2 is 1.35 bits per heavy atom. The second kappa shape index (κ2) is 14.7. The third kappa shape index (κ3) is 10.9. The highest BCUT2D eigenvalue weighted by molar-refractivity contribution is 6.27. The molecule has 0 saturated heterocycles. The average molecular weight is 431 g/mol. The van der Waals surface area contributed by atoms with Gasteiger partial charge in [0.1, 0.15) is 0 Å². The van der Waals surface area contributed by atoms with Crippen molar-refractivity contribution >= 4 is 17.9 Å². The van der Waals surface area contributed by atoms with Gasteiger partial charge in [0, 0.05) is 6.54 Å². The summed E-state index contributed by atoms with van der Waals surface area (Å²) in [6, 6.07) is 16.9. The molecular weight excluding hydrogens is 402 g/mol. The SMILES string of the molecule is O=C(O)C(=O)O.O=C(O)c1ccccc1CCCCCCNCC(O)c1ccccc1. The molecule has 0 fully saturated rings. The lowest BCUT2D eigenvalue weighted by molar-refractivity contribution is -0.159. The van der Waals surface area contributed by atoms with E-state index in [1.807, 2.05) is 42.5 Å². The van der Waals surface area contributed by atoms with Gasteiger partial charge in [0.2, 0.25) is 0 Å². The van der Waals surface area contributed by atoms with Gasteiger partial charge in [-0.15, -0.1) is 0 Å². The van der Waals surface area contributed by atoms with Crippen LogP contribution in [0.5, 0.6) is 0 Å². The van der Waals surface area contributed by atoms with Crippen molar-refractivity contribution in [1.82, 2.24) is 5.32 Å². The van der Waals surface area contributed by atoms with Gasteiger partial charge in [-0.25, -0.2) is 14.4 Å². The molecule has 31 heavy (non-hydrogen) atoms. The first kappa shape index (κ1) is 25.8. The fourth-order valence-corrected chi connectivity index (χ4v) is 2.90. The molecule has 0 spiro atoms. The molecule has 2 aromatic rings. The molecule has 0 heterocycles. The summed E-state index contributed by atoms with van der Waals surface area (Å²) >= 11 is 0. The normalized spacial score (nSPS) is 11.1. The minimum Gasteiger partial charge on any atom is -0.478 e. The summed E-state index contributed by atoms with van der Waals surface area (Å²) in [4.78, 5) is 29.4. The molecule has 2 aromatic carbocycles. The lowest BCUT2D eigenvalue weighted by Crippen LogP contribution is -2.22. The molecule has 0 aromatic heterocycles. The third-order valence-corrected chi connectivity index (χ3v) is 4.50. The second-order valence-electron chi connectivity index (χ2n) is 6.87. The maximum absolute atomic E-state index is 11.2. The van der Waals surface area contributed by atoms with Crippen LogP contribution in [0.1, 0.15) is 53.3 Å². The molecule has 8 nitrogen and oxygen atoms in total. The first-order valence-electron chi connectivity index (χ1n) is 10.0. The Hall–Kier alpha value is -3.23. The van der Waals surface area contributed by atoms with Gasteiger partial charge in [-0.2, -0.15) is 0 Å². The number of hydrogen-bond donors (Lipinski definition) is 5. The van der Waals surface area contributed by atoms with Crippen LogP contribution < -0.4 is 5.32 Å². The molecule has 5 N–H and O–H groups in total. The third-order valence-electron chi connectivity index (χ3n) is 4.50. The van der Waals surface area contributed by atoms with E-state index in [-0.39, 0.29) is 0 Å². The minimum absolute atomic E-state index is 0.416. The number of aryl methyl sites for hydroxylation is 1. The highest BCUT2D eigenvalue weighted by atomic mass is 16.4. The molecule has 0 amide bonds. The molecule has 168 valence electrons. The molecule has 1 atom stereocenters. The quantitative estimate of drug-likeness (QED) is 0.270. The molecule has 0 aliphatic rings. The summed E-state index contributed by atoms with van der Waals surface area (Å²) in [6.45, 7) is 1.45. The van der Waals surface area contributed by atoms with Crippen LogP contribution in [0.4, 0.5) is 0 Å². The van der Waals surface area contributed by atoms with Crippen molar-refractivity contribution in [2.45, 2.75) is 38.2 Å². The molecule has 0 saturated carbocycles. The lowest BCUT2D eigenvalue weighted by atomic mass is 10.0. The van der Waals surface area contributed by atoms with Gasteiger partial charge in [0.25, 0.3) is 0 Å². The van der Waals surface area contributed by atoms with Crippen molar-refractivity contribution in [2.75, 3.05) is 13.1 Å². The number of carboxylic acids is 3. The van der Waals surface area contributed by atoms with E-state index in [1.165, 1.54) is 0 Å². The predicted octanol–water partition coefficient (Wildman–Crippen LogP) is 2.97. The lowest BCUT2D eigenvalue weighted by Gasteiger charge is -2.12. The Morgan fingerprint density at radius 1 is 0.774 bits per heavy atom. The van der Waals surface area contributed by atoms with Crippen molar-refractivity contribution < 1.29 is 34.8 Å². The minimum atomic E-state index is -1.82. The number of aliphatic carboxylic acids is 2. The maximum Gasteiger partial charge on any atom is 0.414 e. The number of rotatable bonds is 11. The van der Waals surface area contributed by atoms with Crippen LogP contribution in [0.3, 0.4) is 0 Å². The van der Waals surface area contributed by atoms with Crippen LogP contribution in [0.2, 0.25) is 0 Å². The van der Waals surface area contributed by atoms with Crippen LogP contribution in [0.25, 0.3) is 0 Å². The highest BCUT2D eigenvalue weighted by Gasteiger charge is 2.08. The zero-order valence-corrected chi connectivity index (χ0v) is 17.2. The number of aromatic carboxylic acids is 1. The Kier molecular flexibility index (Phi) is 12.2. The summed E-state index contributed by atoms with van der Waals surface area (Å²) in [5, 5.41) is 37.3. The largest absolute Gasteiger partial charge is 0.478 e. The van der Waals surface area contributed by atoms with Crippen LogP contribution in [0, 0.1) is 0 Å². The molecule has 0 aliphatic carbocycles. The molecule has 8 heteroatoms. The molecule has 0 bridgehead atoms. The van der Waals surface area contributed by atoms with E-state index in [2.05, 4.69) is 5.32 Å². The van der Waals surface area contributed by atoms with Gasteiger partial charge < -0.3 is 25.7 Å². The fraction of sp³-hybridized carbons (Fsp3) is 0.348. The molecule has 0 aliphatic heterocycles. The molecule has 2 rings (SSSR count). The van der Waals surface area contributed by atoms with Gasteiger partial charge in [-0.3, -0.25) is 0 Å². The Balaban J connectivity index is 0.000000703. The zero-order valence-electron chi connectivity index (χ0n) is 17.2. The fourth-order valence-electron chi connectivity index (χ4n) is 2.90. The van der Waals surface area contributed by atoms with E-state index in [4.69, 9.17) is 24.9 Å². The van der Waals surface area contributed by atoms with Gasteiger partial charge >= 0.3 is 17.9 Å². The van der Waals surface area contributed by atoms with E-state index in [1.54, 1.807) is 12.1 Å². The van der Waals surface area contributed by atoms with Crippen molar-refractivity contribution in [3.05, 3.63) is 71.3 Å². The smallest absolute Gasteiger partial charge is 0.414 e. The number of aliphatic hydroxyl groups is 1. The maximum atomic E-state index is 11.2. The monoisotopic (exact) mass is 431 g/mol. The zero-order chi connectivity index (χ0) is 23.1. The van der Waals surface area contributed by atoms with Gasteiger partial charge in [0.15, 0.2) is 0 Å². The van der Waals surface area contributed by atoms with E-state index in [0.717, 1.165) is 49.8 Å². The first-order chi connectivity index (χ1) is 14.8. The molecule has 0 radical (unpaired) electrons. The number of carboxylic acid groups (broad SMARTS) is 3. The van der Waals surface area contributed by atoms with Gasteiger partial charge in [-0.1, -0.05) is 61.4 Å². The number of nitrogens with one attached hydrogen (secondary N) is 1. The first-order valence-corrected chi connectivity index (χ1v) is 10.0. The Morgan fingerprint density at radius 3 is 1.97 bits per heavy atom. The number of carbonyl (C=O) groups is 3. The second-order valence-corrected chi connectivity index (χ2v) is 6.87. The van der Waals surface area contributed by atoms with Gasteiger partial charge in [-0.05, 0) is 43.0 Å². The van der Waals surface area contributed by atoms with Gasteiger partial charge in [0.05, 0.1) is 11.7 Å². The molecular formula is C23H29NO7. The van der Waals surface area contributed by atoms with E-state index >= 15 is 0 Å². The van der Waals surface area contributed by atoms with Crippen molar-refractivity contribution in [1.29, 1.82) is 0 Å². The summed E-state index contributed by atoms with van der Waals surface area (Å²) in [7, 11) is 0. The summed E-state index contributed by atoms with van der Waals surface area (Å²) < 4.78 is 0. The van der Waals surface area contributed by atoms with Crippen LogP contribution >= 0.6 is 0 Å². The van der Waals surface area contributed by atoms with Crippen molar-refractivity contribution in [2.24, 2.45) is 0 Å². The Labute approximate surface area is 181 Å². The van der Waals surface area contributed by atoms with Crippen LogP contribution in [-0.4, -0.2) is 51.4 Å². The Bertz CT molecular complexity index is 812. The number of hydrogen-bond acceptors (Lipinski definition) is 5. The molecule has 1 unspecified atom stereocenters. The highest BCUT2D eigenvalue weighted by Crippen LogP contribution is 2.14. The van der Waals surface area contributed by atoms with Crippen molar-refractivity contribution in [3.8, 4) is 0 Å². The average Bonchev–Trinajstić information content (AvgIpc) is 2.76. The number of aliphatic hydroxyl groups excluding tert-OH is 1. The predicted molar refractivity (Wildman–Crippen MR) is 115 cm³/mol. The van der Waals surface area contributed by atoms with E-state index in [0.29, 0.717) is 12.1 Å². The topological polar surface area (TPSA) is 144 Å². The summed E-state index contributed by atoms with van der Waals surface area (Å²) in [5.74, 6) is -4.50. The number of unbranched alkanes of at least 4 members (excludes halogenated alkanes) is 3. The van der Waals surface area contributed by atoms with Crippen molar-refractivity contribution in [3.63, 3.8) is 0 Å². The van der Waals surface area contributed by atoms with E-state index < -0.39 is 24.0 Å². The number of benzene rings is 2. The summed E-state index contributed by atoms with van der Waals surface area (Å²) in [6.07, 6.45) is 4.58. The standard InChI is InChI=1S/C21H27NO3.C2H2O4/c23-20(18-12-5-3-6-13-18)16-22-15-9-2-1-4-10-17-11-7-8-14-19(17)21(24)25;3-1(4)2(5)6/h3,5-8,11-14,20,22-23H,1-2,4,9-10,15-16H2,(H,24,25);(H,3,4)(H,5,6). The van der Waals surface area contributed by atoms with Crippen LogP contribution in [0.15, 0.2) is 54.6 Å². The van der Waals surface area contributed by atoms with E-state index in [9.17, 15) is 9.90 Å².